The fraction of sp³-hybridized carbons (Fsp3) is 0.429. The molecule has 0 unspecified atom stereocenters. The Morgan fingerprint density at radius 1 is 1.43 bits per heavy atom. The number of nitrogens with one attached hydrogen (secondary N) is 2. The molecule has 21 heavy (non-hydrogen) atoms. The molecule has 0 saturated carbocycles. The van der Waals surface area contributed by atoms with Gasteiger partial charge in [-0.25, -0.2) is 9.18 Å². The summed E-state index contributed by atoms with van der Waals surface area (Å²) in [5, 5.41) is 4.99. The van der Waals surface area contributed by atoms with Crippen molar-refractivity contribution in [1.29, 1.82) is 0 Å². The third kappa shape index (κ3) is 9.01. The number of hydrogen-bond donors (Lipinski definition) is 2. The molecule has 118 valence electrons. The van der Waals surface area contributed by atoms with Gasteiger partial charge < -0.3 is 20.2 Å². The Balaban J connectivity index is 0.000000382. The summed E-state index contributed by atoms with van der Waals surface area (Å²) in [6, 6.07) is 5.12. The number of halogens is 2. The summed E-state index contributed by atoms with van der Waals surface area (Å²) in [6.45, 7) is 5.27. The molecule has 0 aliphatic rings. The maximum absolute atomic E-state index is 12.9. The Morgan fingerprint density at radius 2 is 2.05 bits per heavy atom. The van der Waals surface area contributed by atoms with Gasteiger partial charge in [0.25, 0.3) is 0 Å². The van der Waals surface area contributed by atoms with E-state index in [1.165, 1.54) is 0 Å². The molecule has 0 aliphatic heterocycles. The number of amides is 1. The standard InChI is InChI=1S/C7H7BrFN.C7H13NO3/c1-10-6-4-2-3-5(8)7(6)9;1-7(2,3)11-6(10)8-4-5-9/h2-4,10H,1H3;5H,4H2,1-3H3,(H,8,10). The number of anilines is 1. The van der Waals surface area contributed by atoms with Crippen LogP contribution in [-0.2, 0) is 9.53 Å². The molecule has 1 aromatic rings. The lowest BCUT2D eigenvalue weighted by atomic mass is 10.2. The van der Waals surface area contributed by atoms with Crippen molar-refractivity contribution >= 4 is 34.0 Å². The Labute approximate surface area is 132 Å². The van der Waals surface area contributed by atoms with Crippen molar-refractivity contribution in [1.82, 2.24) is 5.32 Å². The number of hydrogen-bond acceptors (Lipinski definition) is 4. The minimum absolute atomic E-state index is 0.00505. The van der Waals surface area contributed by atoms with Crippen LogP contribution in [-0.4, -0.2) is 31.6 Å². The Hall–Kier alpha value is -1.63. The molecular formula is C14H20BrFN2O3. The highest BCUT2D eigenvalue weighted by Crippen LogP contribution is 2.21. The molecule has 7 heteroatoms. The molecule has 5 nitrogen and oxygen atoms in total. The highest BCUT2D eigenvalue weighted by atomic mass is 79.9. The summed E-state index contributed by atoms with van der Waals surface area (Å²) < 4.78 is 18.2. The average molecular weight is 363 g/mol. The topological polar surface area (TPSA) is 67.4 Å². The van der Waals surface area contributed by atoms with Crippen LogP contribution < -0.4 is 10.6 Å². The van der Waals surface area contributed by atoms with Crippen molar-refractivity contribution in [3.05, 3.63) is 28.5 Å². The molecule has 0 fully saturated rings. The molecule has 0 saturated heterocycles. The van der Waals surface area contributed by atoms with Crippen LogP contribution in [0.15, 0.2) is 22.7 Å². The van der Waals surface area contributed by atoms with Gasteiger partial charge >= 0.3 is 6.09 Å². The van der Waals surface area contributed by atoms with Gasteiger partial charge in [0.2, 0.25) is 0 Å². The minimum atomic E-state index is -0.565. The SMILES string of the molecule is CC(C)(C)OC(=O)NCC=O.CNc1cccc(Br)c1F. The van der Waals surface area contributed by atoms with E-state index in [2.05, 4.69) is 26.6 Å². The van der Waals surface area contributed by atoms with Crippen LogP contribution in [0.25, 0.3) is 0 Å². The summed E-state index contributed by atoms with van der Waals surface area (Å²) in [5.74, 6) is -0.245. The van der Waals surface area contributed by atoms with Gasteiger partial charge in [-0.1, -0.05) is 6.07 Å². The largest absolute Gasteiger partial charge is 0.444 e. The first-order valence-corrected chi connectivity index (χ1v) is 7.02. The van der Waals surface area contributed by atoms with Crippen molar-refractivity contribution in [3.63, 3.8) is 0 Å². The van der Waals surface area contributed by atoms with E-state index in [-0.39, 0.29) is 12.4 Å². The average Bonchev–Trinajstić information content (AvgIpc) is 2.38. The van der Waals surface area contributed by atoms with E-state index in [1.807, 2.05) is 0 Å². The summed E-state index contributed by atoms with van der Waals surface area (Å²) in [5.41, 5.74) is 0.00170. The fourth-order valence-electron chi connectivity index (χ4n) is 1.14. The lowest BCUT2D eigenvalue weighted by molar-refractivity contribution is -0.107. The Kier molecular flexibility index (Phi) is 8.61. The van der Waals surface area contributed by atoms with Crippen LogP contribution in [0.1, 0.15) is 20.8 Å². The van der Waals surface area contributed by atoms with Crippen LogP contribution in [0.2, 0.25) is 0 Å². The maximum atomic E-state index is 12.9. The maximum Gasteiger partial charge on any atom is 0.408 e. The molecule has 1 amide bonds. The van der Waals surface area contributed by atoms with E-state index < -0.39 is 11.7 Å². The quantitative estimate of drug-likeness (QED) is 0.809. The second-order valence-corrected chi connectivity index (χ2v) is 5.76. The van der Waals surface area contributed by atoms with Crippen LogP contribution in [0.4, 0.5) is 14.9 Å². The number of benzene rings is 1. The molecule has 0 bridgehead atoms. The van der Waals surface area contributed by atoms with Gasteiger partial charge in [-0.3, -0.25) is 0 Å². The van der Waals surface area contributed by atoms with Gasteiger partial charge in [0.05, 0.1) is 16.7 Å². The van der Waals surface area contributed by atoms with Gasteiger partial charge in [0.1, 0.15) is 11.9 Å². The van der Waals surface area contributed by atoms with Crippen molar-refractivity contribution in [3.8, 4) is 0 Å². The van der Waals surface area contributed by atoms with Crippen molar-refractivity contribution in [2.45, 2.75) is 26.4 Å². The number of carbonyl (C=O) groups is 2. The third-order valence-corrected chi connectivity index (χ3v) is 2.56. The summed E-state index contributed by atoms with van der Waals surface area (Å²) in [4.78, 5) is 20.5. The lowest BCUT2D eigenvalue weighted by Crippen LogP contribution is -2.33. The van der Waals surface area contributed by atoms with Gasteiger partial charge in [-0.05, 0) is 48.8 Å². The van der Waals surface area contributed by atoms with Gasteiger partial charge in [0.15, 0.2) is 5.82 Å². The van der Waals surface area contributed by atoms with E-state index in [0.717, 1.165) is 0 Å². The molecule has 1 aromatic carbocycles. The first kappa shape index (κ1) is 19.4. The first-order valence-electron chi connectivity index (χ1n) is 6.23. The van der Waals surface area contributed by atoms with Gasteiger partial charge in [0, 0.05) is 7.05 Å². The predicted molar refractivity (Wildman–Crippen MR) is 83.9 cm³/mol. The molecule has 0 aliphatic carbocycles. The zero-order chi connectivity index (χ0) is 16.5. The van der Waals surface area contributed by atoms with Crippen LogP contribution in [0, 0.1) is 5.82 Å². The number of aldehydes is 1. The molecule has 0 atom stereocenters. The molecule has 0 heterocycles. The second kappa shape index (κ2) is 9.33. The Morgan fingerprint density at radius 3 is 2.48 bits per heavy atom. The smallest absolute Gasteiger partial charge is 0.408 e. The fourth-order valence-corrected chi connectivity index (χ4v) is 1.50. The van der Waals surface area contributed by atoms with E-state index in [1.54, 1.807) is 46.0 Å². The van der Waals surface area contributed by atoms with Crippen molar-refractivity contribution in [2.75, 3.05) is 18.9 Å². The minimum Gasteiger partial charge on any atom is -0.444 e. The van der Waals surface area contributed by atoms with E-state index in [4.69, 9.17) is 4.74 Å². The van der Waals surface area contributed by atoms with E-state index in [0.29, 0.717) is 16.4 Å². The molecule has 0 spiro atoms. The van der Waals surface area contributed by atoms with Crippen molar-refractivity contribution < 1.29 is 18.7 Å². The number of carbonyl (C=O) groups excluding carboxylic acids is 2. The monoisotopic (exact) mass is 362 g/mol. The summed E-state index contributed by atoms with van der Waals surface area (Å²) in [7, 11) is 1.69. The molecule has 0 aromatic heterocycles. The van der Waals surface area contributed by atoms with Gasteiger partial charge in [-0.2, -0.15) is 0 Å². The van der Waals surface area contributed by atoms with Gasteiger partial charge in [-0.15, -0.1) is 0 Å². The highest BCUT2D eigenvalue weighted by molar-refractivity contribution is 9.10. The van der Waals surface area contributed by atoms with Crippen LogP contribution in [0.5, 0.6) is 0 Å². The lowest BCUT2D eigenvalue weighted by Gasteiger charge is -2.18. The molecule has 1 rings (SSSR count). The van der Waals surface area contributed by atoms with E-state index in [9.17, 15) is 14.0 Å². The number of rotatable bonds is 3. The zero-order valence-corrected chi connectivity index (χ0v) is 14.1. The molecular weight excluding hydrogens is 343 g/mol. The van der Waals surface area contributed by atoms with Crippen molar-refractivity contribution in [2.24, 2.45) is 0 Å². The number of ether oxygens (including phenoxy) is 1. The van der Waals surface area contributed by atoms with Crippen LogP contribution >= 0.6 is 15.9 Å². The zero-order valence-electron chi connectivity index (χ0n) is 12.5. The Bertz CT molecular complexity index is 476. The summed E-state index contributed by atoms with van der Waals surface area (Å²) in [6.07, 6.45) is 0.0359. The predicted octanol–water partition coefficient (Wildman–Crippen LogP) is 3.34. The first-order chi connectivity index (χ1) is 9.71. The third-order valence-electron chi connectivity index (χ3n) is 1.95. The van der Waals surface area contributed by atoms with E-state index >= 15 is 0 Å². The number of alkyl carbamates (subject to hydrolysis) is 1. The normalized spacial score (nSPS) is 10.0. The summed E-state index contributed by atoms with van der Waals surface area (Å²) >= 11 is 3.07. The second-order valence-electron chi connectivity index (χ2n) is 4.90. The molecule has 2 N–H and O–H groups in total. The molecule has 0 radical (unpaired) electrons. The highest BCUT2D eigenvalue weighted by Gasteiger charge is 2.14. The van der Waals surface area contributed by atoms with Crippen LogP contribution in [0.3, 0.4) is 0 Å².